The van der Waals surface area contributed by atoms with Crippen LogP contribution in [0.25, 0.3) is 0 Å². The summed E-state index contributed by atoms with van der Waals surface area (Å²) >= 11 is 0. The van der Waals surface area contributed by atoms with Crippen molar-refractivity contribution in [3.8, 4) is 0 Å². The number of rotatable bonds is 2. The van der Waals surface area contributed by atoms with Gasteiger partial charge in [-0.15, -0.1) is 0 Å². The summed E-state index contributed by atoms with van der Waals surface area (Å²) in [5.41, 5.74) is 0. The van der Waals surface area contributed by atoms with Crippen molar-refractivity contribution in [2.45, 2.75) is 37.5 Å². The second kappa shape index (κ2) is 4.86. The SMILES string of the molecule is CN(c1ccccn1)C1CCC2(CC1)OCCO2. The monoisotopic (exact) mass is 248 g/mol. The van der Waals surface area contributed by atoms with Gasteiger partial charge in [0, 0.05) is 32.1 Å². The molecule has 0 amide bonds. The van der Waals surface area contributed by atoms with Gasteiger partial charge >= 0.3 is 0 Å². The lowest BCUT2D eigenvalue weighted by molar-refractivity contribution is -0.178. The Hall–Kier alpha value is -1.13. The van der Waals surface area contributed by atoms with Crippen LogP contribution in [0.5, 0.6) is 0 Å². The van der Waals surface area contributed by atoms with Gasteiger partial charge in [-0.3, -0.25) is 0 Å². The Bertz CT molecular complexity index is 380. The van der Waals surface area contributed by atoms with Gasteiger partial charge in [0.15, 0.2) is 5.79 Å². The summed E-state index contributed by atoms with van der Waals surface area (Å²) in [5, 5.41) is 0. The normalized spacial score (nSPS) is 23.4. The maximum atomic E-state index is 5.76. The molecule has 4 heteroatoms. The summed E-state index contributed by atoms with van der Waals surface area (Å²) in [6.45, 7) is 1.50. The fourth-order valence-electron chi connectivity index (χ4n) is 2.96. The van der Waals surface area contributed by atoms with Crippen LogP contribution in [0.3, 0.4) is 0 Å². The summed E-state index contributed by atoms with van der Waals surface area (Å²) < 4.78 is 11.5. The highest BCUT2D eigenvalue weighted by atomic mass is 16.7. The summed E-state index contributed by atoms with van der Waals surface area (Å²) in [7, 11) is 2.13. The summed E-state index contributed by atoms with van der Waals surface area (Å²) in [4.78, 5) is 6.69. The number of anilines is 1. The zero-order valence-electron chi connectivity index (χ0n) is 10.8. The third-order valence-corrected chi connectivity index (χ3v) is 4.09. The van der Waals surface area contributed by atoms with E-state index in [-0.39, 0.29) is 5.79 Å². The van der Waals surface area contributed by atoms with E-state index < -0.39 is 0 Å². The van der Waals surface area contributed by atoms with Crippen LogP contribution in [-0.2, 0) is 9.47 Å². The minimum atomic E-state index is -0.262. The van der Waals surface area contributed by atoms with Crippen LogP contribution in [0, 0.1) is 0 Å². The molecule has 1 spiro atoms. The predicted molar refractivity (Wildman–Crippen MR) is 69.5 cm³/mol. The quantitative estimate of drug-likeness (QED) is 0.803. The molecule has 98 valence electrons. The van der Waals surface area contributed by atoms with Crippen molar-refractivity contribution in [2.24, 2.45) is 0 Å². The maximum Gasteiger partial charge on any atom is 0.168 e. The Morgan fingerprint density at radius 2 is 1.94 bits per heavy atom. The fraction of sp³-hybridized carbons (Fsp3) is 0.643. The zero-order valence-corrected chi connectivity index (χ0v) is 10.8. The summed E-state index contributed by atoms with van der Waals surface area (Å²) in [6, 6.07) is 6.59. The molecule has 4 nitrogen and oxygen atoms in total. The first kappa shape index (κ1) is 11.9. The molecular formula is C14H20N2O2. The van der Waals surface area contributed by atoms with Crippen molar-refractivity contribution >= 4 is 5.82 Å². The molecule has 1 aromatic rings. The fourth-order valence-corrected chi connectivity index (χ4v) is 2.96. The molecule has 0 radical (unpaired) electrons. The highest BCUT2D eigenvalue weighted by molar-refractivity contribution is 5.38. The summed E-state index contributed by atoms with van der Waals surface area (Å²) in [5.74, 6) is 0.785. The number of pyridine rings is 1. The molecule has 0 bridgehead atoms. The smallest absolute Gasteiger partial charge is 0.168 e. The van der Waals surface area contributed by atoms with Crippen molar-refractivity contribution in [1.29, 1.82) is 0 Å². The molecule has 2 aliphatic rings. The van der Waals surface area contributed by atoms with Crippen LogP contribution < -0.4 is 4.90 Å². The van der Waals surface area contributed by atoms with E-state index in [2.05, 4.69) is 23.0 Å². The molecule has 1 aliphatic carbocycles. The van der Waals surface area contributed by atoms with Crippen LogP contribution in [0.2, 0.25) is 0 Å². The molecule has 2 heterocycles. The molecule has 1 saturated heterocycles. The van der Waals surface area contributed by atoms with Crippen LogP contribution in [0.4, 0.5) is 5.82 Å². The van der Waals surface area contributed by atoms with E-state index in [1.165, 1.54) is 0 Å². The molecule has 18 heavy (non-hydrogen) atoms. The van der Waals surface area contributed by atoms with E-state index in [1.54, 1.807) is 0 Å². The number of ether oxygens (including phenoxy) is 2. The van der Waals surface area contributed by atoms with Gasteiger partial charge in [0.2, 0.25) is 0 Å². The number of nitrogens with zero attached hydrogens (tertiary/aromatic N) is 2. The highest BCUT2D eigenvalue weighted by Gasteiger charge is 2.41. The lowest BCUT2D eigenvalue weighted by Gasteiger charge is -2.39. The topological polar surface area (TPSA) is 34.6 Å². The zero-order chi connectivity index (χ0) is 12.4. The Balaban J connectivity index is 1.62. The van der Waals surface area contributed by atoms with E-state index in [0.717, 1.165) is 44.7 Å². The Morgan fingerprint density at radius 3 is 2.56 bits per heavy atom. The molecule has 0 unspecified atom stereocenters. The van der Waals surface area contributed by atoms with Gasteiger partial charge in [-0.1, -0.05) is 6.07 Å². The Morgan fingerprint density at radius 1 is 1.22 bits per heavy atom. The Kier molecular flexibility index (Phi) is 3.22. The first-order valence-electron chi connectivity index (χ1n) is 6.71. The average Bonchev–Trinajstić information content (AvgIpc) is 2.88. The summed E-state index contributed by atoms with van der Waals surface area (Å²) in [6.07, 6.45) is 6.04. The lowest BCUT2D eigenvalue weighted by atomic mass is 9.89. The molecule has 1 aromatic heterocycles. The van der Waals surface area contributed by atoms with Gasteiger partial charge in [0.1, 0.15) is 5.82 Å². The average molecular weight is 248 g/mol. The van der Waals surface area contributed by atoms with E-state index in [4.69, 9.17) is 9.47 Å². The first-order chi connectivity index (χ1) is 8.79. The molecule has 1 aliphatic heterocycles. The second-order valence-electron chi connectivity index (χ2n) is 5.14. The van der Waals surface area contributed by atoms with Crippen molar-refractivity contribution in [1.82, 2.24) is 4.98 Å². The van der Waals surface area contributed by atoms with E-state index >= 15 is 0 Å². The molecule has 0 aromatic carbocycles. The maximum absolute atomic E-state index is 5.76. The number of hydrogen-bond donors (Lipinski definition) is 0. The number of hydrogen-bond acceptors (Lipinski definition) is 4. The van der Waals surface area contributed by atoms with Crippen LogP contribution in [-0.4, -0.2) is 37.1 Å². The third-order valence-electron chi connectivity index (χ3n) is 4.09. The van der Waals surface area contributed by atoms with Crippen LogP contribution in [0.1, 0.15) is 25.7 Å². The highest BCUT2D eigenvalue weighted by Crippen LogP contribution is 2.37. The number of aromatic nitrogens is 1. The van der Waals surface area contributed by atoms with E-state index in [0.29, 0.717) is 6.04 Å². The van der Waals surface area contributed by atoms with Crippen LogP contribution in [0.15, 0.2) is 24.4 Å². The minimum Gasteiger partial charge on any atom is -0.357 e. The minimum absolute atomic E-state index is 0.262. The van der Waals surface area contributed by atoms with Crippen molar-refractivity contribution in [3.05, 3.63) is 24.4 Å². The lowest BCUT2D eigenvalue weighted by Crippen LogP contribution is -2.43. The molecule has 2 fully saturated rings. The van der Waals surface area contributed by atoms with Gasteiger partial charge in [-0.25, -0.2) is 4.98 Å². The van der Waals surface area contributed by atoms with Crippen LogP contribution >= 0.6 is 0 Å². The Labute approximate surface area is 108 Å². The molecule has 0 atom stereocenters. The molecule has 1 saturated carbocycles. The molecule has 0 N–H and O–H groups in total. The van der Waals surface area contributed by atoms with Crippen molar-refractivity contribution in [2.75, 3.05) is 25.2 Å². The predicted octanol–water partition coefficient (Wildman–Crippen LogP) is 2.20. The van der Waals surface area contributed by atoms with Gasteiger partial charge < -0.3 is 14.4 Å². The second-order valence-corrected chi connectivity index (χ2v) is 5.14. The molecular weight excluding hydrogens is 228 g/mol. The standard InChI is InChI=1S/C14H20N2O2/c1-16(13-4-2-3-9-15-13)12-5-7-14(8-6-12)17-10-11-18-14/h2-4,9,12H,5-8,10-11H2,1H3. The first-order valence-corrected chi connectivity index (χ1v) is 6.71. The van der Waals surface area contributed by atoms with Crippen molar-refractivity contribution in [3.63, 3.8) is 0 Å². The third kappa shape index (κ3) is 2.22. The van der Waals surface area contributed by atoms with E-state index in [9.17, 15) is 0 Å². The van der Waals surface area contributed by atoms with Gasteiger partial charge in [0.25, 0.3) is 0 Å². The van der Waals surface area contributed by atoms with E-state index in [1.807, 2.05) is 18.3 Å². The van der Waals surface area contributed by atoms with Gasteiger partial charge in [-0.2, -0.15) is 0 Å². The largest absolute Gasteiger partial charge is 0.357 e. The van der Waals surface area contributed by atoms with Gasteiger partial charge in [0.05, 0.1) is 13.2 Å². The van der Waals surface area contributed by atoms with Gasteiger partial charge in [-0.05, 0) is 25.0 Å². The van der Waals surface area contributed by atoms with Crippen molar-refractivity contribution < 1.29 is 9.47 Å². The molecule has 3 rings (SSSR count).